The van der Waals surface area contributed by atoms with Gasteiger partial charge in [0, 0.05) is 45.4 Å². The van der Waals surface area contributed by atoms with E-state index >= 15 is 0 Å². The fourth-order valence-corrected chi connectivity index (χ4v) is 12.8. The van der Waals surface area contributed by atoms with Crippen LogP contribution in [0.1, 0.15) is 245 Å². The predicted molar refractivity (Wildman–Crippen MR) is 355 cm³/mol. The molecule has 3 heterocycles. The van der Waals surface area contributed by atoms with Crippen molar-refractivity contribution in [2.75, 3.05) is 66.0 Å². The van der Waals surface area contributed by atoms with Gasteiger partial charge in [-0.05, 0) is 25.7 Å². The Morgan fingerprint density at radius 2 is 0.760 bits per heavy atom. The van der Waals surface area contributed by atoms with Crippen molar-refractivity contribution in [3.8, 4) is 0 Å². The van der Waals surface area contributed by atoms with Crippen LogP contribution in [0, 0.1) is 0 Å². The molecular formula is C68H127N2O25P. The van der Waals surface area contributed by atoms with Crippen molar-refractivity contribution in [1.82, 2.24) is 10.6 Å². The molecule has 0 saturated carbocycles. The first-order valence-corrected chi connectivity index (χ1v) is 38.5. The molecular weight excluding hydrogens is 1280 g/mol. The molecule has 7 unspecified atom stereocenters. The number of rotatable bonds is 58. The van der Waals surface area contributed by atoms with E-state index in [-0.39, 0.29) is 77.0 Å². The Morgan fingerprint density at radius 3 is 1.19 bits per heavy atom. The van der Waals surface area contributed by atoms with Crippen molar-refractivity contribution in [1.29, 1.82) is 0 Å². The first kappa shape index (κ1) is 87.6. The average molecular weight is 1400 g/mol. The Balaban J connectivity index is 1.32. The molecule has 0 aromatic rings. The highest BCUT2D eigenvalue weighted by atomic mass is 31.2. The zero-order chi connectivity index (χ0) is 70.4. The van der Waals surface area contributed by atoms with Crippen LogP contribution in [0.25, 0.3) is 0 Å². The smallest absolute Gasteiger partial charge is 0.327 e. The summed E-state index contributed by atoms with van der Waals surface area (Å²) in [5.41, 5.74) is 0. The van der Waals surface area contributed by atoms with Gasteiger partial charge in [0.05, 0.1) is 39.6 Å². The number of esters is 2. The standard InChI is InChI=1S/C68H127N2O25P/c1-4-6-8-10-12-14-16-18-20-22-24-26-28-30-32-38-55(76)87-47-49(90-56(77)39-33-31-29-27-25-23-21-19-17-15-13-11-9-7-5-2)48-89-96(3,85)88-43-41-70-54(75)37-35-34-36-53(74)69-40-42-86-66-62(83)59(80)64(51(45-72)92-66)95-68-63(84)60(81)65(52(46-73)93-68)94-67-61(82)58(79)57(78)50(44-71)91-67/h49-52,57-68,71-73,78-84H,4-48H2,1-3H3,(H,69,74)(H,70,75)/t49-,50?,51?,52?,57-,58-,59+,60+,61?,62?,63?,64-,65-,66+,67-,68-,96?/m0/s1. The highest BCUT2D eigenvalue weighted by Gasteiger charge is 2.53. The molecule has 17 atom stereocenters. The van der Waals surface area contributed by atoms with Gasteiger partial charge in [0.2, 0.25) is 11.8 Å². The normalized spacial score (nSPS) is 27.0. The van der Waals surface area contributed by atoms with Gasteiger partial charge in [0.15, 0.2) is 25.0 Å². The molecule has 28 heteroatoms. The quantitative estimate of drug-likeness (QED) is 0.0186. The van der Waals surface area contributed by atoms with Gasteiger partial charge in [0.25, 0.3) is 0 Å². The van der Waals surface area contributed by atoms with E-state index < -0.39 is 138 Å². The van der Waals surface area contributed by atoms with Crippen LogP contribution in [0.2, 0.25) is 0 Å². The van der Waals surface area contributed by atoms with Crippen molar-refractivity contribution in [2.45, 2.75) is 343 Å². The number of carbonyl (C=O) groups is 4. The molecule has 0 aliphatic carbocycles. The van der Waals surface area contributed by atoms with E-state index in [2.05, 4.69) is 24.5 Å². The Labute approximate surface area is 570 Å². The monoisotopic (exact) mass is 1400 g/mol. The molecule has 3 fully saturated rings. The van der Waals surface area contributed by atoms with Crippen LogP contribution in [0.5, 0.6) is 0 Å². The molecule has 0 spiro atoms. The number of ether oxygens (including phenoxy) is 8. The van der Waals surface area contributed by atoms with E-state index in [0.717, 1.165) is 38.5 Å². The number of nitrogens with one attached hydrogen (secondary N) is 2. The minimum atomic E-state index is -3.72. The second-order valence-electron chi connectivity index (χ2n) is 26.2. The number of aliphatic hydroxyl groups excluding tert-OH is 10. The molecule has 96 heavy (non-hydrogen) atoms. The van der Waals surface area contributed by atoms with Crippen LogP contribution in [0.15, 0.2) is 0 Å². The van der Waals surface area contributed by atoms with E-state index in [4.69, 9.17) is 46.9 Å². The van der Waals surface area contributed by atoms with Gasteiger partial charge < -0.3 is 109 Å². The maximum absolute atomic E-state index is 13.3. The van der Waals surface area contributed by atoms with Crippen molar-refractivity contribution in [2.24, 2.45) is 0 Å². The number of unbranched alkanes of at least 4 members (excludes halogenated alkanes) is 29. The lowest BCUT2D eigenvalue weighted by Crippen LogP contribution is -2.66. The second-order valence-corrected chi connectivity index (χ2v) is 28.2. The van der Waals surface area contributed by atoms with Gasteiger partial charge in [-0.2, -0.15) is 0 Å². The predicted octanol–water partition coefficient (Wildman–Crippen LogP) is 6.08. The number of aliphatic hydroxyl groups is 10. The van der Waals surface area contributed by atoms with Gasteiger partial charge >= 0.3 is 19.5 Å². The van der Waals surface area contributed by atoms with E-state index in [9.17, 15) is 74.8 Å². The van der Waals surface area contributed by atoms with Crippen LogP contribution in [0.3, 0.4) is 0 Å². The molecule has 0 radical (unpaired) electrons. The first-order chi connectivity index (χ1) is 46.3. The molecule has 27 nitrogen and oxygen atoms in total. The third-order valence-electron chi connectivity index (χ3n) is 17.8. The van der Waals surface area contributed by atoms with Gasteiger partial charge in [-0.15, -0.1) is 0 Å². The van der Waals surface area contributed by atoms with Crippen molar-refractivity contribution >= 4 is 31.3 Å². The van der Waals surface area contributed by atoms with Gasteiger partial charge in [-0.25, -0.2) is 0 Å². The Morgan fingerprint density at radius 1 is 0.406 bits per heavy atom. The Hall–Kier alpha value is -2.61. The molecule has 0 bridgehead atoms. The lowest BCUT2D eigenvalue weighted by atomic mass is 9.96. The fraction of sp³-hybridized carbons (Fsp3) is 0.941. The Bertz CT molecular complexity index is 2050. The van der Waals surface area contributed by atoms with Crippen molar-refractivity contribution < 1.29 is 122 Å². The summed E-state index contributed by atoms with van der Waals surface area (Å²) >= 11 is 0. The molecule has 0 aromatic carbocycles. The zero-order valence-electron chi connectivity index (χ0n) is 58.1. The van der Waals surface area contributed by atoms with Crippen LogP contribution in [-0.4, -0.2) is 239 Å². The van der Waals surface area contributed by atoms with E-state index in [0.29, 0.717) is 25.7 Å². The number of hydrogen-bond acceptors (Lipinski definition) is 25. The summed E-state index contributed by atoms with van der Waals surface area (Å²) in [5.74, 6) is -1.58. The number of amides is 2. The molecule has 3 aliphatic heterocycles. The third kappa shape index (κ3) is 36.8. The van der Waals surface area contributed by atoms with Gasteiger partial charge in [-0.3, -0.25) is 23.7 Å². The molecule has 3 aliphatic rings. The molecule has 2 amide bonds. The number of hydrogen-bond donors (Lipinski definition) is 12. The first-order valence-electron chi connectivity index (χ1n) is 36.5. The van der Waals surface area contributed by atoms with E-state index in [1.165, 1.54) is 148 Å². The minimum Gasteiger partial charge on any atom is -0.462 e. The van der Waals surface area contributed by atoms with Crippen LogP contribution >= 0.6 is 7.60 Å². The summed E-state index contributed by atoms with van der Waals surface area (Å²) in [6.45, 7) is 2.24. The summed E-state index contributed by atoms with van der Waals surface area (Å²) in [4.78, 5) is 51.0. The van der Waals surface area contributed by atoms with Gasteiger partial charge in [0.1, 0.15) is 79.9 Å². The van der Waals surface area contributed by atoms with Gasteiger partial charge in [-0.1, -0.05) is 194 Å². The summed E-state index contributed by atoms with van der Waals surface area (Å²) in [6, 6.07) is 0. The number of carbonyl (C=O) groups excluding carboxylic acids is 4. The minimum absolute atomic E-state index is 0.00120. The van der Waals surface area contributed by atoms with Crippen molar-refractivity contribution in [3.63, 3.8) is 0 Å². The molecule has 12 N–H and O–H groups in total. The fourth-order valence-electron chi connectivity index (χ4n) is 11.9. The van der Waals surface area contributed by atoms with E-state index in [1.54, 1.807) is 0 Å². The Kier molecular flexibility index (Phi) is 48.6. The van der Waals surface area contributed by atoms with Crippen LogP contribution < -0.4 is 10.6 Å². The zero-order valence-corrected chi connectivity index (χ0v) is 59.0. The molecule has 3 rings (SSSR count). The molecule has 564 valence electrons. The van der Waals surface area contributed by atoms with Crippen LogP contribution in [-0.2, 0) is 70.7 Å². The maximum Gasteiger partial charge on any atom is 0.327 e. The highest BCUT2D eigenvalue weighted by molar-refractivity contribution is 7.52. The van der Waals surface area contributed by atoms with Crippen LogP contribution in [0.4, 0.5) is 0 Å². The van der Waals surface area contributed by atoms with E-state index in [1.807, 2.05) is 0 Å². The molecule has 0 aromatic heterocycles. The summed E-state index contributed by atoms with van der Waals surface area (Å²) in [5, 5.41) is 110. The summed E-state index contributed by atoms with van der Waals surface area (Å²) in [7, 11) is -3.72. The molecule has 3 saturated heterocycles. The lowest BCUT2D eigenvalue weighted by molar-refractivity contribution is -0.379. The summed E-state index contributed by atoms with van der Waals surface area (Å²) < 4.78 is 69.1. The lowest BCUT2D eigenvalue weighted by Gasteiger charge is -2.48. The summed E-state index contributed by atoms with van der Waals surface area (Å²) in [6.07, 6.45) is 10.7. The maximum atomic E-state index is 13.3. The highest BCUT2D eigenvalue weighted by Crippen LogP contribution is 2.44. The third-order valence-corrected chi connectivity index (χ3v) is 19.0. The largest absolute Gasteiger partial charge is 0.462 e. The average Bonchev–Trinajstić information content (AvgIpc) is 0.789. The topological polar surface area (TPSA) is 404 Å². The SMILES string of the molecule is CCCCCCCCCCCCCCCCCC(=O)OC[C@@H](COP(C)(=O)OCCNC(=O)CCCCC(=O)NCCO[C@@H]1OC(CO)[C@H](O[C@@H]2OC(CO)[C@H](O[C@@H]3OC(CO)[C@H](O)[C@H](O)C3O)[C@H](O)C2O)[C@H](O)C1O)OC(=O)CCCCCCCCCCCCCCCCC. The second kappa shape index (κ2) is 53.2. The van der Waals surface area contributed by atoms with Crippen molar-refractivity contribution in [3.05, 3.63) is 0 Å².